The first-order valence-electron chi connectivity index (χ1n) is 10.6. The standard InChI is InChI=1S/C23H25Cl2N3O3/c24-18-13-12-16(14-19(18)25)28-22(30)27-20-11-7-6-10-17(20)23(28,31)21(29)26-15-8-4-2-1-3-5-9-15/h6-7,10-15,31H,1-5,8-9H2,(H,26,29)(H,27,30)/t23-/m1/s1. The summed E-state index contributed by atoms with van der Waals surface area (Å²) in [5, 5.41) is 18.2. The lowest BCUT2D eigenvalue weighted by atomic mass is 9.92. The molecular formula is C23H25Cl2N3O3. The minimum Gasteiger partial charge on any atom is -0.359 e. The largest absolute Gasteiger partial charge is 0.359 e. The van der Waals surface area contributed by atoms with E-state index in [0.717, 1.165) is 43.4 Å². The second-order valence-corrected chi connectivity index (χ2v) is 8.91. The van der Waals surface area contributed by atoms with Crippen molar-refractivity contribution in [1.82, 2.24) is 5.32 Å². The topological polar surface area (TPSA) is 81.7 Å². The van der Waals surface area contributed by atoms with Crippen molar-refractivity contribution in [3.63, 3.8) is 0 Å². The van der Waals surface area contributed by atoms with Gasteiger partial charge in [-0.1, -0.05) is 73.5 Å². The summed E-state index contributed by atoms with van der Waals surface area (Å²) in [4.78, 5) is 27.7. The van der Waals surface area contributed by atoms with E-state index in [1.807, 2.05) is 0 Å². The number of fused-ring (bicyclic) bond motifs is 1. The second-order valence-electron chi connectivity index (χ2n) is 8.10. The Morgan fingerprint density at radius 2 is 1.71 bits per heavy atom. The minimum absolute atomic E-state index is 0.0513. The number of urea groups is 1. The predicted molar refractivity (Wildman–Crippen MR) is 123 cm³/mol. The number of nitrogens with zero attached hydrogens (tertiary/aromatic N) is 1. The lowest BCUT2D eigenvalue weighted by molar-refractivity contribution is -0.141. The average molecular weight is 462 g/mol. The zero-order chi connectivity index (χ0) is 22.0. The van der Waals surface area contributed by atoms with Gasteiger partial charge in [0, 0.05) is 11.6 Å². The number of benzene rings is 2. The molecule has 0 spiro atoms. The number of carbonyl (C=O) groups excluding carboxylic acids is 2. The Morgan fingerprint density at radius 1 is 1.03 bits per heavy atom. The third-order valence-corrected chi connectivity index (χ3v) is 6.73. The molecule has 2 aliphatic rings. The summed E-state index contributed by atoms with van der Waals surface area (Å²) < 4.78 is 0. The van der Waals surface area contributed by atoms with Crippen LogP contribution in [0.5, 0.6) is 0 Å². The van der Waals surface area contributed by atoms with E-state index in [-0.39, 0.29) is 16.8 Å². The Labute approximate surface area is 191 Å². The highest BCUT2D eigenvalue weighted by molar-refractivity contribution is 6.42. The van der Waals surface area contributed by atoms with Gasteiger partial charge >= 0.3 is 6.03 Å². The highest BCUT2D eigenvalue weighted by Gasteiger charge is 2.52. The van der Waals surface area contributed by atoms with Crippen LogP contribution in [0, 0.1) is 0 Å². The van der Waals surface area contributed by atoms with Crippen molar-refractivity contribution in [2.45, 2.75) is 56.7 Å². The number of halogens is 2. The van der Waals surface area contributed by atoms with Gasteiger partial charge in [-0.25, -0.2) is 4.79 Å². The molecule has 1 fully saturated rings. The molecule has 6 nitrogen and oxygen atoms in total. The van der Waals surface area contributed by atoms with Crippen LogP contribution in [0.25, 0.3) is 0 Å². The first kappa shape index (κ1) is 21.9. The monoisotopic (exact) mass is 461 g/mol. The molecule has 3 N–H and O–H groups in total. The van der Waals surface area contributed by atoms with E-state index in [1.165, 1.54) is 18.6 Å². The third kappa shape index (κ3) is 4.25. The number of aliphatic hydroxyl groups is 1. The molecule has 4 rings (SSSR count). The van der Waals surface area contributed by atoms with Crippen molar-refractivity contribution >= 4 is 46.5 Å². The summed E-state index contributed by atoms with van der Waals surface area (Å²) in [6, 6.07) is 10.6. The number of hydrogen-bond donors (Lipinski definition) is 3. The average Bonchev–Trinajstić information content (AvgIpc) is 2.72. The molecule has 2 aromatic carbocycles. The summed E-state index contributed by atoms with van der Waals surface area (Å²) in [7, 11) is 0. The predicted octanol–water partition coefficient (Wildman–Crippen LogP) is 5.42. The van der Waals surface area contributed by atoms with Crippen LogP contribution < -0.4 is 15.5 Å². The lowest BCUT2D eigenvalue weighted by Gasteiger charge is -2.43. The first-order chi connectivity index (χ1) is 14.9. The Kier molecular flexibility index (Phi) is 6.42. The summed E-state index contributed by atoms with van der Waals surface area (Å²) in [6.07, 6.45) is 7.23. The van der Waals surface area contributed by atoms with Gasteiger partial charge in [0.2, 0.25) is 0 Å². The molecule has 3 amide bonds. The van der Waals surface area contributed by atoms with E-state index in [1.54, 1.807) is 30.3 Å². The maximum Gasteiger partial charge on any atom is 0.329 e. The number of nitrogens with one attached hydrogen (secondary N) is 2. The molecule has 1 heterocycles. The highest BCUT2D eigenvalue weighted by Crippen LogP contribution is 2.41. The molecule has 1 aliphatic heterocycles. The zero-order valence-corrected chi connectivity index (χ0v) is 18.5. The van der Waals surface area contributed by atoms with E-state index in [0.29, 0.717) is 16.3 Å². The third-order valence-electron chi connectivity index (χ3n) is 5.99. The molecule has 0 bridgehead atoms. The zero-order valence-electron chi connectivity index (χ0n) is 17.0. The summed E-state index contributed by atoms with van der Waals surface area (Å²) in [5.74, 6) is -0.633. The van der Waals surface area contributed by atoms with Crippen molar-refractivity contribution < 1.29 is 14.7 Å². The van der Waals surface area contributed by atoms with Crippen LogP contribution >= 0.6 is 23.2 Å². The fraction of sp³-hybridized carbons (Fsp3) is 0.391. The van der Waals surface area contributed by atoms with Crippen LogP contribution in [-0.2, 0) is 10.5 Å². The van der Waals surface area contributed by atoms with Crippen LogP contribution in [0.1, 0.15) is 50.5 Å². The van der Waals surface area contributed by atoms with Crippen molar-refractivity contribution in [3.05, 3.63) is 58.1 Å². The van der Waals surface area contributed by atoms with Crippen LogP contribution in [0.15, 0.2) is 42.5 Å². The van der Waals surface area contributed by atoms with Gasteiger partial charge in [-0.15, -0.1) is 0 Å². The van der Waals surface area contributed by atoms with E-state index < -0.39 is 17.7 Å². The van der Waals surface area contributed by atoms with E-state index in [9.17, 15) is 14.7 Å². The molecule has 164 valence electrons. The molecule has 0 aromatic heterocycles. The van der Waals surface area contributed by atoms with Gasteiger partial charge in [-0.2, -0.15) is 0 Å². The van der Waals surface area contributed by atoms with Crippen molar-refractivity contribution in [2.24, 2.45) is 0 Å². The van der Waals surface area contributed by atoms with Gasteiger partial charge < -0.3 is 15.7 Å². The van der Waals surface area contributed by atoms with Gasteiger partial charge in [0.25, 0.3) is 11.6 Å². The van der Waals surface area contributed by atoms with Crippen LogP contribution in [-0.4, -0.2) is 23.1 Å². The molecule has 1 saturated carbocycles. The molecular weight excluding hydrogens is 437 g/mol. The minimum atomic E-state index is -2.24. The Balaban J connectivity index is 1.75. The molecule has 2 aromatic rings. The Hall–Kier alpha value is -2.28. The normalized spacial score (nSPS) is 22.2. The number of anilines is 2. The fourth-order valence-electron chi connectivity index (χ4n) is 4.37. The Morgan fingerprint density at radius 3 is 2.42 bits per heavy atom. The molecule has 0 saturated heterocycles. The highest BCUT2D eigenvalue weighted by atomic mass is 35.5. The SMILES string of the molecule is O=C1Nc2ccccc2[C@@](O)(C(=O)NC2CCCCCCC2)N1c1ccc(Cl)c(Cl)c1. The van der Waals surface area contributed by atoms with Crippen LogP contribution in [0.3, 0.4) is 0 Å². The molecule has 1 atom stereocenters. The molecule has 0 unspecified atom stereocenters. The summed E-state index contributed by atoms with van der Waals surface area (Å²) in [6.45, 7) is 0. The molecule has 8 heteroatoms. The van der Waals surface area contributed by atoms with E-state index in [4.69, 9.17) is 23.2 Å². The van der Waals surface area contributed by atoms with E-state index in [2.05, 4.69) is 10.6 Å². The van der Waals surface area contributed by atoms with Gasteiger partial charge in [0.15, 0.2) is 0 Å². The fourth-order valence-corrected chi connectivity index (χ4v) is 4.67. The lowest BCUT2D eigenvalue weighted by Crippen LogP contribution is -2.63. The summed E-state index contributed by atoms with van der Waals surface area (Å²) >= 11 is 12.2. The van der Waals surface area contributed by atoms with Gasteiger partial charge in [-0.3, -0.25) is 9.69 Å². The molecule has 1 aliphatic carbocycles. The van der Waals surface area contributed by atoms with Gasteiger partial charge in [0.1, 0.15) is 0 Å². The molecule has 31 heavy (non-hydrogen) atoms. The molecule has 0 radical (unpaired) electrons. The van der Waals surface area contributed by atoms with Crippen LogP contribution in [0.2, 0.25) is 10.0 Å². The van der Waals surface area contributed by atoms with Crippen molar-refractivity contribution in [1.29, 1.82) is 0 Å². The quantitative estimate of drug-likeness (QED) is 0.570. The number of hydrogen-bond acceptors (Lipinski definition) is 3. The van der Waals surface area contributed by atoms with Crippen molar-refractivity contribution in [2.75, 3.05) is 10.2 Å². The Bertz CT molecular complexity index is 992. The maximum absolute atomic E-state index is 13.6. The number of rotatable bonds is 3. The number of carbonyl (C=O) groups is 2. The van der Waals surface area contributed by atoms with E-state index >= 15 is 0 Å². The van der Waals surface area contributed by atoms with Gasteiger partial charge in [-0.05, 0) is 37.1 Å². The second kappa shape index (κ2) is 9.07. The summed E-state index contributed by atoms with van der Waals surface area (Å²) in [5.41, 5.74) is -1.29. The van der Waals surface area contributed by atoms with Gasteiger partial charge in [0.05, 0.1) is 21.4 Å². The number of para-hydroxylation sites is 1. The number of amides is 3. The maximum atomic E-state index is 13.6. The van der Waals surface area contributed by atoms with Crippen molar-refractivity contribution in [3.8, 4) is 0 Å². The smallest absolute Gasteiger partial charge is 0.329 e. The first-order valence-corrected chi connectivity index (χ1v) is 11.4. The van der Waals surface area contributed by atoms with Crippen LogP contribution in [0.4, 0.5) is 16.2 Å².